The minimum absolute atomic E-state index is 0. The van der Waals surface area contributed by atoms with E-state index in [9.17, 15) is 0 Å². The highest BCUT2D eigenvalue weighted by molar-refractivity contribution is 14.0. The zero-order valence-electron chi connectivity index (χ0n) is 17.3. The number of aliphatic imine (C=N–C) groups is 1. The Morgan fingerprint density at radius 2 is 1.77 bits per heavy atom. The summed E-state index contributed by atoms with van der Waals surface area (Å²) >= 11 is 5.81. The molecule has 0 aliphatic rings. The Hall–Kier alpha value is -2.59. The fourth-order valence-electron chi connectivity index (χ4n) is 2.65. The van der Waals surface area contributed by atoms with E-state index in [1.807, 2.05) is 42.5 Å². The number of hydrogen-bond donors (Lipinski definition) is 2. The van der Waals surface area contributed by atoms with Gasteiger partial charge in [-0.05, 0) is 35.7 Å². The summed E-state index contributed by atoms with van der Waals surface area (Å²) in [6.45, 7) is 1.32. The molecule has 0 aliphatic carbocycles. The van der Waals surface area contributed by atoms with E-state index in [1.54, 1.807) is 32.6 Å². The van der Waals surface area contributed by atoms with Gasteiger partial charge in [-0.15, -0.1) is 24.0 Å². The van der Waals surface area contributed by atoms with Crippen molar-refractivity contribution in [1.82, 2.24) is 20.6 Å². The lowest BCUT2D eigenvalue weighted by atomic mass is 10.2. The standard InChI is InChI=1S/C22H24ClN5O2.HI/c1-24-22(25-11-10-16-6-8-20(23)26-13-16)28-15-17-7-9-21(27-14-17)30-19-5-3-4-18(12-19)29-2;/h3-9,12-14H,10-11,15H2,1-2H3,(H2,24,25,28);1H. The maximum Gasteiger partial charge on any atom is 0.219 e. The number of halogens is 2. The molecule has 164 valence electrons. The molecule has 3 aromatic rings. The van der Waals surface area contributed by atoms with Crippen LogP contribution in [0.1, 0.15) is 11.1 Å². The van der Waals surface area contributed by atoms with Gasteiger partial charge in [-0.25, -0.2) is 9.97 Å². The molecule has 0 saturated heterocycles. The first-order chi connectivity index (χ1) is 14.7. The molecule has 2 heterocycles. The van der Waals surface area contributed by atoms with Crippen molar-refractivity contribution in [3.63, 3.8) is 0 Å². The van der Waals surface area contributed by atoms with Crippen molar-refractivity contribution < 1.29 is 9.47 Å². The quantitative estimate of drug-likeness (QED) is 0.186. The van der Waals surface area contributed by atoms with Gasteiger partial charge in [0.2, 0.25) is 5.88 Å². The maximum absolute atomic E-state index is 5.81. The van der Waals surface area contributed by atoms with Gasteiger partial charge in [-0.3, -0.25) is 4.99 Å². The molecule has 2 aromatic heterocycles. The maximum atomic E-state index is 5.81. The van der Waals surface area contributed by atoms with Crippen LogP contribution in [0, 0.1) is 0 Å². The second kappa shape index (κ2) is 13.0. The number of hydrogen-bond acceptors (Lipinski definition) is 5. The number of nitrogens with one attached hydrogen (secondary N) is 2. The largest absolute Gasteiger partial charge is 0.497 e. The molecule has 9 heteroatoms. The van der Waals surface area contributed by atoms with E-state index in [0.717, 1.165) is 29.8 Å². The summed E-state index contributed by atoms with van der Waals surface area (Å²) in [4.78, 5) is 12.7. The first-order valence-electron chi connectivity index (χ1n) is 9.48. The van der Waals surface area contributed by atoms with E-state index in [2.05, 4.69) is 25.6 Å². The summed E-state index contributed by atoms with van der Waals surface area (Å²) in [5.74, 6) is 2.65. The number of pyridine rings is 2. The van der Waals surface area contributed by atoms with Crippen LogP contribution < -0.4 is 20.1 Å². The van der Waals surface area contributed by atoms with Crippen molar-refractivity contribution in [2.45, 2.75) is 13.0 Å². The molecule has 7 nitrogen and oxygen atoms in total. The highest BCUT2D eigenvalue weighted by Gasteiger charge is 2.03. The van der Waals surface area contributed by atoms with Gasteiger partial charge in [0.1, 0.15) is 16.7 Å². The fraction of sp³-hybridized carbons (Fsp3) is 0.227. The number of ether oxygens (including phenoxy) is 2. The topological polar surface area (TPSA) is 80.7 Å². The minimum atomic E-state index is 0. The van der Waals surface area contributed by atoms with Gasteiger partial charge < -0.3 is 20.1 Å². The van der Waals surface area contributed by atoms with Crippen LogP contribution in [0.5, 0.6) is 17.4 Å². The highest BCUT2D eigenvalue weighted by Crippen LogP contribution is 2.23. The van der Waals surface area contributed by atoms with E-state index in [0.29, 0.717) is 29.3 Å². The van der Waals surface area contributed by atoms with Gasteiger partial charge in [-0.1, -0.05) is 29.8 Å². The van der Waals surface area contributed by atoms with Gasteiger partial charge >= 0.3 is 0 Å². The van der Waals surface area contributed by atoms with E-state index in [4.69, 9.17) is 21.1 Å². The van der Waals surface area contributed by atoms with Crippen LogP contribution in [0.15, 0.2) is 65.9 Å². The van der Waals surface area contributed by atoms with Crippen molar-refractivity contribution >= 4 is 41.5 Å². The van der Waals surface area contributed by atoms with E-state index in [-0.39, 0.29) is 24.0 Å². The number of aromatic nitrogens is 2. The Morgan fingerprint density at radius 1 is 1.00 bits per heavy atom. The molecule has 0 bridgehead atoms. The van der Waals surface area contributed by atoms with Crippen molar-refractivity contribution in [2.24, 2.45) is 4.99 Å². The van der Waals surface area contributed by atoms with E-state index in [1.165, 1.54) is 0 Å². The molecule has 2 N–H and O–H groups in total. The molecule has 0 aliphatic heterocycles. The molecule has 0 atom stereocenters. The molecule has 0 saturated carbocycles. The summed E-state index contributed by atoms with van der Waals surface area (Å²) in [7, 11) is 3.36. The third kappa shape index (κ3) is 8.22. The third-order valence-corrected chi connectivity index (χ3v) is 4.46. The first kappa shape index (κ1) is 24.7. The Bertz CT molecular complexity index is 968. The molecule has 3 rings (SSSR count). The molecule has 1 aromatic carbocycles. The number of benzene rings is 1. The van der Waals surface area contributed by atoms with Gasteiger partial charge in [-0.2, -0.15) is 0 Å². The molecular weight excluding hydrogens is 529 g/mol. The SMILES string of the molecule is CN=C(NCCc1ccc(Cl)nc1)NCc1ccc(Oc2cccc(OC)c2)nc1.I. The predicted octanol–water partition coefficient (Wildman–Crippen LogP) is 4.46. The average molecular weight is 554 g/mol. The zero-order valence-corrected chi connectivity index (χ0v) is 20.4. The normalized spacial score (nSPS) is 10.7. The molecule has 0 radical (unpaired) electrons. The monoisotopic (exact) mass is 553 g/mol. The van der Waals surface area contributed by atoms with Crippen molar-refractivity contribution in [2.75, 3.05) is 20.7 Å². The van der Waals surface area contributed by atoms with Crippen molar-refractivity contribution in [3.8, 4) is 17.4 Å². The van der Waals surface area contributed by atoms with Crippen LogP contribution in [0.25, 0.3) is 0 Å². The lowest BCUT2D eigenvalue weighted by Gasteiger charge is -2.12. The van der Waals surface area contributed by atoms with Gasteiger partial charge in [0.05, 0.1) is 7.11 Å². The summed E-state index contributed by atoms with van der Waals surface area (Å²) in [5.41, 5.74) is 2.12. The number of guanidine groups is 1. The van der Waals surface area contributed by atoms with E-state index < -0.39 is 0 Å². The van der Waals surface area contributed by atoms with Gasteiger partial charge in [0, 0.05) is 44.7 Å². The summed E-state index contributed by atoms with van der Waals surface area (Å²) in [6.07, 6.45) is 4.37. The number of methoxy groups -OCH3 is 1. The van der Waals surface area contributed by atoms with Crippen LogP contribution in [0.3, 0.4) is 0 Å². The molecule has 0 amide bonds. The minimum Gasteiger partial charge on any atom is -0.497 e. The Balaban J connectivity index is 0.00000341. The molecular formula is C22H25ClIN5O2. The lowest BCUT2D eigenvalue weighted by Crippen LogP contribution is -2.37. The predicted molar refractivity (Wildman–Crippen MR) is 134 cm³/mol. The summed E-state index contributed by atoms with van der Waals surface area (Å²) < 4.78 is 11.0. The van der Waals surface area contributed by atoms with E-state index >= 15 is 0 Å². The van der Waals surface area contributed by atoms with Gasteiger partial charge in [0.25, 0.3) is 0 Å². The third-order valence-electron chi connectivity index (χ3n) is 4.24. The van der Waals surface area contributed by atoms with Crippen LogP contribution in [0.4, 0.5) is 0 Å². The Labute approximate surface area is 204 Å². The first-order valence-corrected chi connectivity index (χ1v) is 9.86. The van der Waals surface area contributed by atoms with Crippen LogP contribution in [-0.4, -0.2) is 36.6 Å². The Kier molecular flexibility index (Phi) is 10.3. The number of rotatable bonds is 8. The van der Waals surface area contributed by atoms with Crippen LogP contribution >= 0.6 is 35.6 Å². The fourth-order valence-corrected chi connectivity index (χ4v) is 2.76. The van der Waals surface area contributed by atoms with Gasteiger partial charge in [0.15, 0.2) is 5.96 Å². The average Bonchev–Trinajstić information content (AvgIpc) is 2.78. The van der Waals surface area contributed by atoms with Crippen LogP contribution in [0.2, 0.25) is 5.15 Å². The van der Waals surface area contributed by atoms with Crippen LogP contribution in [-0.2, 0) is 13.0 Å². The lowest BCUT2D eigenvalue weighted by molar-refractivity contribution is 0.407. The molecule has 31 heavy (non-hydrogen) atoms. The smallest absolute Gasteiger partial charge is 0.219 e. The number of nitrogens with zero attached hydrogens (tertiary/aromatic N) is 3. The second-order valence-electron chi connectivity index (χ2n) is 6.38. The Morgan fingerprint density at radius 3 is 2.45 bits per heavy atom. The molecule has 0 fully saturated rings. The van der Waals surface area contributed by atoms with Crippen molar-refractivity contribution in [3.05, 3.63) is 77.2 Å². The second-order valence-corrected chi connectivity index (χ2v) is 6.76. The highest BCUT2D eigenvalue weighted by atomic mass is 127. The molecule has 0 spiro atoms. The summed E-state index contributed by atoms with van der Waals surface area (Å²) in [5, 5.41) is 7.05. The molecule has 0 unspecified atom stereocenters. The zero-order chi connectivity index (χ0) is 21.2. The van der Waals surface area contributed by atoms with Crippen molar-refractivity contribution in [1.29, 1.82) is 0 Å². The summed E-state index contributed by atoms with van der Waals surface area (Å²) in [6, 6.07) is 15.0.